The number of alkyl halides is 3. The fraction of sp³-hybridized carbons (Fsp3) is 0.300. The van der Waals surface area contributed by atoms with Gasteiger partial charge in [0.1, 0.15) is 0 Å². The number of hydrogen-bond acceptors (Lipinski definition) is 4. The van der Waals surface area contributed by atoms with Crippen molar-refractivity contribution >= 4 is 33.4 Å². The molecule has 0 fully saturated rings. The average Bonchev–Trinajstić information content (AvgIpc) is 2.28. The molecule has 0 spiro atoms. The Morgan fingerprint density at radius 3 is 2.60 bits per heavy atom. The lowest BCUT2D eigenvalue weighted by Gasteiger charge is -2.10. The number of carbonyl (C=O) groups is 1. The summed E-state index contributed by atoms with van der Waals surface area (Å²) in [4.78, 5) is 21.2. The first-order valence-electron chi connectivity index (χ1n) is 5.05. The number of rotatable bonds is 3. The highest BCUT2D eigenvalue weighted by Gasteiger charge is 2.29. The van der Waals surface area contributed by atoms with Gasteiger partial charge in [-0.05, 0) is 28.9 Å². The predicted molar refractivity (Wildman–Crippen MR) is 66.6 cm³/mol. The topological polar surface area (TPSA) is 81.5 Å². The number of benzene rings is 1. The van der Waals surface area contributed by atoms with Crippen LogP contribution in [0.2, 0.25) is 0 Å². The molecule has 0 unspecified atom stereocenters. The van der Waals surface area contributed by atoms with Crippen LogP contribution in [0, 0.1) is 17.0 Å². The third-order valence-electron chi connectivity index (χ3n) is 2.09. The summed E-state index contributed by atoms with van der Waals surface area (Å²) in [5.41, 5.74) is -0.00937. The molecule has 1 N–H and O–H groups in total. The van der Waals surface area contributed by atoms with Crippen LogP contribution in [0.4, 0.5) is 29.3 Å². The summed E-state index contributed by atoms with van der Waals surface area (Å²) in [5.74, 6) is 0. The summed E-state index contributed by atoms with van der Waals surface area (Å²) in [6.45, 7) is -0.265. The molecule has 0 bridgehead atoms. The highest BCUT2D eigenvalue weighted by Crippen LogP contribution is 2.30. The summed E-state index contributed by atoms with van der Waals surface area (Å²) in [7, 11) is 0. The molecular formula is C10H8BrF3N2O4. The van der Waals surface area contributed by atoms with E-state index in [1.165, 1.54) is 13.0 Å². The normalized spacial score (nSPS) is 11.1. The van der Waals surface area contributed by atoms with E-state index in [1.807, 2.05) is 5.32 Å². The standard InChI is InChI=1S/C10H8BrF3N2O4/c1-5-2-6(11)7(3-8(5)16(18)19)15-9(17)20-4-10(12,13)14/h2-3H,4H2,1H3,(H,15,17). The summed E-state index contributed by atoms with van der Waals surface area (Å²) in [5, 5.41) is 12.7. The van der Waals surface area contributed by atoms with Crippen LogP contribution >= 0.6 is 15.9 Å². The number of nitrogens with one attached hydrogen (secondary N) is 1. The second-order valence-corrected chi connectivity index (χ2v) is 4.55. The van der Waals surface area contributed by atoms with Crippen molar-refractivity contribution in [2.45, 2.75) is 13.1 Å². The molecule has 20 heavy (non-hydrogen) atoms. The van der Waals surface area contributed by atoms with E-state index in [0.717, 1.165) is 6.07 Å². The molecular weight excluding hydrogens is 349 g/mol. The maximum absolute atomic E-state index is 11.9. The lowest BCUT2D eigenvalue weighted by atomic mass is 10.2. The first kappa shape index (κ1) is 16.2. The second kappa shape index (κ2) is 6.07. The van der Waals surface area contributed by atoms with E-state index in [9.17, 15) is 28.1 Å². The van der Waals surface area contributed by atoms with Crippen LogP contribution in [0.3, 0.4) is 0 Å². The Balaban J connectivity index is 2.85. The Kier molecular flexibility index (Phi) is 4.93. The van der Waals surface area contributed by atoms with Crippen molar-refractivity contribution in [1.82, 2.24) is 0 Å². The van der Waals surface area contributed by atoms with E-state index in [0.29, 0.717) is 5.56 Å². The van der Waals surface area contributed by atoms with Crippen LogP contribution in [0.5, 0.6) is 0 Å². The summed E-state index contributed by atoms with van der Waals surface area (Å²) >= 11 is 3.03. The molecule has 110 valence electrons. The fourth-order valence-electron chi connectivity index (χ4n) is 1.25. The van der Waals surface area contributed by atoms with Crippen LogP contribution in [-0.2, 0) is 4.74 Å². The highest BCUT2D eigenvalue weighted by molar-refractivity contribution is 9.10. The molecule has 1 amide bonds. The molecule has 10 heteroatoms. The van der Waals surface area contributed by atoms with Crippen molar-refractivity contribution in [3.63, 3.8) is 0 Å². The van der Waals surface area contributed by atoms with Gasteiger partial charge < -0.3 is 4.74 Å². The molecule has 0 saturated heterocycles. The molecule has 0 saturated carbocycles. The molecule has 6 nitrogen and oxygen atoms in total. The number of halogens is 4. The van der Waals surface area contributed by atoms with Crippen LogP contribution in [0.1, 0.15) is 5.56 Å². The van der Waals surface area contributed by atoms with Gasteiger partial charge in [-0.25, -0.2) is 4.79 Å². The van der Waals surface area contributed by atoms with E-state index in [2.05, 4.69) is 20.7 Å². The number of carbonyl (C=O) groups excluding carboxylic acids is 1. The van der Waals surface area contributed by atoms with Gasteiger partial charge >= 0.3 is 12.3 Å². The number of ether oxygens (including phenoxy) is 1. The van der Waals surface area contributed by atoms with Gasteiger partial charge in [-0.3, -0.25) is 15.4 Å². The molecule has 0 radical (unpaired) electrons. The lowest BCUT2D eigenvalue weighted by Crippen LogP contribution is -2.23. The predicted octanol–water partition coefficient (Wildman–Crippen LogP) is 3.78. The molecule has 1 aromatic rings. The van der Waals surface area contributed by atoms with E-state index < -0.39 is 23.8 Å². The zero-order valence-electron chi connectivity index (χ0n) is 9.95. The minimum absolute atomic E-state index is 0.0607. The monoisotopic (exact) mass is 356 g/mol. The van der Waals surface area contributed by atoms with Crippen LogP contribution in [-0.4, -0.2) is 23.8 Å². The van der Waals surface area contributed by atoms with Gasteiger partial charge in [0.2, 0.25) is 0 Å². The third kappa shape index (κ3) is 4.68. The average molecular weight is 357 g/mol. The van der Waals surface area contributed by atoms with Crippen molar-refractivity contribution in [1.29, 1.82) is 0 Å². The number of nitro groups is 1. The number of nitro benzene ring substituents is 1. The first-order chi connectivity index (χ1) is 9.10. The molecule has 0 aromatic heterocycles. The van der Waals surface area contributed by atoms with Gasteiger partial charge in [0.05, 0.1) is 10.6 Å². The summed E-state index contributed by atoms with van der Waals surface area (Å²) in [6, 6.07) is 2.38. The molecule has 1 rings (SSSR count). The minimum atomic E-state index is -4.64. The van der Waals surface area contributed by atoms with Gasteiger partial charge in [-0.2, -0.15) is 13.2 Å². The molecule has 0 aliphatic carbocycles. The minimum Gasteiger partial charge on any atom is -0.440 e. The molecule has 0 heterocycles. The summed E-state index contributed by atoms with van der Waals surface area (Å²) in [6.07, 6.45) is -6.01. The zero-order valence-corrected chi connectivity index (χ0v) is 11.5. The van der Waals surface area contributed by atoms with E-state index in [4.69, 9.17) is 0 Å². The Hall–Kier alpha value is -1.84. The van der Waals surface area contributed by atoms with Gasteiger partial charge in [0.25, 0.3) is 5.69 Å². The van der Waals surface area contributed by atoms with Gasteiger partial charge in [-0.1, -0.05) is 0 Å². The van der Waals surface area contributed by atoms with E-state index >= 15 is 0 Å². The van der Waals surface area contributed by atoms with E-state index in [-0.39, 0.29) is 15.8 Å². The molecule has 0 aliphatic heterocycles. The Bertz CT molecular complexity index is 548. The Labute approximate surface area is 119 Å². The van der Waals surface area contributed by atoms with Crippen molar-refractivity contribution in [2.24, 2.45) is 0 Å². The van der Waals surface area contributed by atoms with Crippen molar-refractivity contribution in [2.75, 3.05) is 11.9 Å². The fourth-order valence-corrected chi connectivity index (χ4v) is 1.80. The van der Waals surface area contributed by atoms with Crippen LogP contribution in [0.25, 0.3) is 0 Å². The Morgan fingerprint density at radius 2 is 2.10 bits per heavy atom. The van der Waals surface area contributed by atoms with Crippen molar-refractivity contribution in [3.8, 4) is 0 Å². The quantitative estimate of drug-likeness (QED) is 0.660. The molecule has 0 atom stereocenters. The Morgan fingerprint density at radius 1 is 1.50 bits per heavy atom. The highest BCUT2D eigenvalue weighted by atomic mass is 79.9. The smallest absolute Gasteiger partial charge is 0.422 e. The molecule has 0 aliphatic rings. The largest absolute Gasteiger partial charge is 0.440 e. The molecule has 1 aromatic carbocycles. The van der Waals surface area contributed by atoms with Gasteiger partial charge in [-0.15, -0.1) is 0 Å². The van der Waals surface area contributed by atoms with Crippen molar-refractivity contribution in [3.05, 3.63) is 32.3 Å². The second-order valence-electron chi connectivity index (χ2n) is 3.69. The van der Waals surface area contributed by atoms with Crippen LogP contribution < -0.4 is 5.32 Å². The number of hydrogen-bond donors (Lipinski definition) is 1. The SMILES string of the molecule is Cc1cc(Br)c(NC(=O)OCC(F)(F)F)cc1[N+](=O)[O-]. The summed E-state index contributed by atoms with van der Waals surface area (Å²) < 4.78 is 39.8. The lowest BCUT2D eigenvalue weighted by molar-refractivity contribution is -0.385. The number of aryl methyl sites for hydroxylation is 1. The number of anilines is 1. The third-order valence-corrected chi connectivity index (χ3v) is 2.74. The van der Waals surface area contributed by atoms with Gasteiger partial charge in [0.15, 0.2) is 6.61 Å². The number of amides is 1. The maximum atomic E-state index is 11.9. The van der Waals surface area contributed by atoms with Crippen LogP contribution in [0.15, 0.2) is 16.6 Å². The number of nitrogens with zero attached hydrogens (tertiary/aromatic N) is 1. The maximum Gasteiger partial charge on any atom is 0.422 e. The van der Waals surface area contributed by atoms with Gasteiger partial charge in [0, 0.05) is 16.1 Å². The van der Waals surface area contributed by atoms with E-state index in [1.54, 1.807) is 0 Å². The van der Waals surface area contributed by atoms with Crippen molar-refractivity contribution < 1.29 is 27.6 Å². The first-order valence-corrected chi connectivity index (χ1v) is 5.84. The zero-order chi connectivity index (χ0) is 15.5.